The summed E-state index contributed by atoms with van der Waals surface area (Å²) in [5, 5.41) is 13.1. The van der Waals surface area contributed by atoms with E-state index in [1.165, 1.54) is 23.9 Å². The van der Waals surface area contributed by atoms with Crippen LogP contribution in [0, 0.1) is 5.82 Å². The summed E-state index contributed by atoms with van der Waals surface area (Å²) in [5.74, 6) is 1.27. The minimum atomic E-state index is -0.277. The fourth-order valence-corrected chi connectivity index (χ4v) is 3.42. The van der Waals surface area contributed by atoms with Crippen molar-refractivity contribution in [3.05, 3.63) is 76.8 Å². The van der Waals surface area contributed by atoms with Gasteiger partial charge in [-0.25, -0.2) is 4.39 Å². The zero-order valence-corrected chi connectivity index (χ0v) is 16.2. The van der Waals surface area contributed by atoms with E-state index in [-0.39, 0.29) is 5.82 Å². The Morgan fingerprint density at radius 3 is 2.56 bits per heavy atom. The maximum Gasteiger partial charge on any atom is 0.237 e. The Balaban J connectivity index is 1.41. The molecule has 0 aliphatic carbocycles. The molecule has 0 N–H and O–H groups in total. The lowest BCUT2D eigenvalue weighted by Gasteiger charge is -2.01. The maximum absolute atomic E-state index is 13.0. The number of hydrogen-bond acceptors (Lipinski definition) is 6. The third-order valence-electron chi connectivity index (χ3n) is 3.67. The Morgan fingerprint density at radius 2 is 1.81 bits per heavy atom. The summed E-state index contributed by atoms with van der Waals surface area (Å²) in [7, 11) is 0. The van der Waals surface area contributed by atoms with Crippen molar-refractivity contribution < 1.29 is 8.91 Å². The van der Waals surface area contributed by atoms with Crippen molar-refractivity contribution in [3.63, 3.8) is 0 Å². The first kappa shape index (κ1) is 17.8. The number of rotatable bonds is 5. The molecule has 2 aromatic carbocycles. The first-order valence-corrected chi connectivity index (χ1v) is 9.76. The summed E-state index contributed by atoms with van der Waals surface area (Å²) in [4.78, 5) is 4.41. The summed E-state index contributed by atoms with van der Waals surface area (Å²) in [6.07, 6.45) is 0. The summed E-state index contributed by atoms with van der Waals surface area (Å²) < 4.78 is 19.3. The van der Waals surface area contributed by atoms with Gasteiger partial charge in [-0.2, -0.15) is 4.98 Å². The largest absolute Gasteiger partial charge is 0.338 e. The van der Waals surface area contributed by atoms with Crippen LogP contribution in [0.2, 0.25) is 0 Å². The molecule has 0 aliphatic heterocycles. The van der Waals surface area contributed by atoms with Crippen LogP contribution in [-0.4, -0.2) is 20.3 Å². The van der Waals surface area contributed by atoms with Gasteiger partial charge in [0.25, 0.3) is 0 Å². The molecule has 0 radical (unpaired) electrons. The molecule has 0 saturated heterocycles. The molecule has 2 aromatic heterocycles. The highest BCUT2D eigenvalue weighted by Gasteiger charge is 2.10. The fourth-order valence-electron chi connectivity index (χ4n) is 2.37. The predicted octanol–water partition coefficient (Wildman–Crippen LogP) is 5.39. The molecule has 0 amide bonds. The monoisotopic (exact) mass is 442 g/mol. The molecule has 4 rings (SSSR count). The second-order valence-corrected chi connectivity index (χ2v) is 7.49. The Hall–Kier alpha value is -2.58. The van der Waals surface area contributed by atoms with Crippen molar-refractivity contribution >= 4 is 27.7 Å². The van der Waals surface area contributed by atoms with Gasteiger partial charge in [-0.1, -0.05) is 45.0 Å². The van der Waals surface area contributed by atoms with E-state index in [1.54, 1.807) is 12.1 Å². The molecule has 0 saturated carbocycles. The van der Waals surface area contributed by atoms with Gasteiger partial charge in [0.05, 0.1) is 11.4 Å². The van der Waals surface area contributed by atoms with E-state index in [4.69, 9.17) is 4.52 Å². The van der Waals surface area contributed by atoms with E-state index >= 15 is 0 Å². The first-order valence-electron chi connectivity index (χ1n) is 7.98. The number of thioether (sulfide) groups is 1. The normalized spacial score (nSPS) is 10.9. The van der Waals surface area contributed by atoms with Gasteiger partial charge in [0.15, 0.2) is 0 Å². The number of halogens is 2. The molecule has 0 spiro atoms. The minimum Gasteiger partial charge on any atom is -0.338 e. The van der Waals surface area contributed by atoms with Crippen LogP contribution in [0.3, 0.4) is 0 Å². The van der Waals surface area contributed by atoms with Gasteiger partial charge in [0.2, 0.25) is 11.7 Å². The lowest BCUT2D eigenvalue weighted by Crippen LogP contribution is -1.90. The van der Waals surface area contributed by atoms with Crippen molar-refractivity contribution in [2.24, 2.45) is 0 Å². The zero-order valence-electron chi connectivity index (χ0n) is 13.8. The van der Waals surface area contributed by atoms with E-state index in [2.05, 4.69) is 36.3 Å². The van der Waals surface area contributed by atoms with Crippen molar-refractivity contribution in [1.82, 2.24) is 20.3 Å². The molecule has 0 atom stereocenters. The van der Waals surface area contributed by atoms with E-state index in [9.17, 15) is 4.39 Å². The van der Waals surface area contributed by atoms with Gasteiger partial charge < -0.3 is 4.52 Å². The molecule has 5 nitrogen and oxygen atoms in total. The Morgan fingerprint density at radius 1 is 0.963 bits per heavy atom. The minimum absolute atomic E-state index is 0.277. The molecule has 8 heteroatoms. The average molecular weight is 443 g/mol. The maximum atomic E-state index is 13.0. The van der Waals surface area contributed by atoms with Gasteiger partial charge in [-0.15, -0.1) is 10.2 Å². The fraction of sp³-hybridized carbons (Fsp3) is 0.0526. The third kappa shape index (κ3) is 4.40. The molecule has 2 heterocycles. The van der Waals surface area contributed by atoms with Crippen molar-refractivity contribution in [2.45, 2.75) is 10.8 Å². The molecule has 27 heavy (non-hydrogen) atoms. The number of aromatic nitrogens is 4. The molecular formula is C19H12BrFN4OS. The van der Waals surface area contributed by atoms with Crippen LogP contribution in [0.25, 0.3) is 22.6 Å². The quantitative estimate of drug-likeness (QED) is 0.386. The number of nitrogens with zero attached hydrogens (tertiary/aromatic N) is 4. The molecule has 0 unspecified atom stereocenters. The topological polar surface area (TPSA) is 64.7 Å². The van der Waals surface area contributed by atoms with E-state index in [0.29, 0.717) is 23.2 Å². The third-order valence-corrected chi connectivity index (χ3v) is 5.07. The van der Waals surface area contributed by atoms with Crippen LogP contribution < -0.4 is 0 Å². The smallest absolute Gasteiger partial charge is 0.237 e. The van der Waals surface area contributed by atoms with Crippen LogP contribution in [-0.2, 0) is 5.75 Å². The number of hydrogen-bond donors (Lipinski definition) is 0. The lowest BCUT2D eigenvalue weighted by molar-refractivity contribution is 0.391. The van der Waals surface area contributed by atoms with E-state index in [0.717, 1.165) is 20.6 Å². The second-order valence-electron chi connectivity index (χ2n) is 5.57. The summed E-state index contributed by atoms with van der Waals surface area (Å²) in [6.45, 7) is 0. The Kier molecular flexibility index (Phi) is 5.26. The molecular weight excluding hydrogens is 431 g/mol. The Labute approximate surface area is 167 Å². The molecule has 0 bridgehead atoms. The Bertz CT molecular complexity index is 1050. The SMILES string of the molecule is Fc1ccc(-c2ccc(SCc3nc(-c4cccc(Br)c4)no3)nn2)cc1. The predicted molar refractivity (Wildman–Crippen MR) is 104 cm³/mol. The lowest BCUT2D eigenvalue weighted by atomic mass is 10.1. The highest BCUT2D eigenvalue weighted by molar-refractivity contribution is 9.10. The standard InChI is InChI=1S/C19H12BrFN4OS/c20-14-3-1-2-13(10-14)19-22-17(26-25-19)11-27-18-9-8-16(23-24-18)12-4-6-15(21)7-5-12/h1-10H,11H2. The van der Waals surface area contributed by atoms with Gasteiger partial charge in [0, 0.05) is 15.6 Å². The molecule has 0 fully saturated rings. The number of benzene rings is 2. The molecule has 4 aromatic rings. The van der Waals surface area contributed by atoms with Gasteiger partial charge in [-0.3, -0.25) is 0 Å². The van der Waals surface area contributed by atoms with Crippen LogP contribution in [0.4, 0.5) is 4.39 Å². The highest BCUT2D eigenvalue weighted by atomic mass is 79.9. The molecule has 134 valence electrons. The van der Waals surface area contributed by atoms with E-state index in [1.807, 2.05) is 36.4 Å². The van der Waals surface area contributed by atoms with Crippen LogP contribution in [0.15, 0.2) is 74.7 Å². The van der Waals surface area contributed by atoms with Crippen LogP contribution >= 0.6 is 27.7 Å². The van der Waals surface area contributed by atoms with Gasteiger partial charge in [-0.05, 0) is 48.5 Å². The van der Waals surface area contributed by atoms with E-state index < -0.39 is 0 Å². The summed E-state index contributed by atoms with van der Waals surface area (Å²) >= 11 is 4.88. The van der Waals surface area contributed by atoms with Crippen molar-refractivity contribution in [2.75, 3.05) is 0 Å². The van der Waals surface area contributed by atoms with Gasteiger partial charge >= 0.3 is 0 Å². The second kappa shape index (κ2) is 7.98. The zero-order chi connectivity index (χ0) is 18.6. The van der Waals surface area contributed by atoms with Crippen LogP contribution in [0.5, 0.6) is 0 Å². The summed E-state index contributed by atoms with van der Waals surface area (Å²) in [5.41, 5.74) is 2.39. The highest BCUT2D eigenvalue weighted by Crippen LogP contribution is 2.25. The first-order chi connectivity index (χ1) is 13.2. The average Bonchev–Trinajstić information content (AvgIpc) is 3.17. The van der Waals surface area contributed by atoms with Crippen molar-refractivity contribution in [1.29, 1.82) is 0 Å². The molecule has 0 aliphatic rings. The van der Waals surface area contributed by atoms with Crippen LogP contribution in [0.1, 0.15) is 5.89 Å². The summed E-state index contributed by atoms with van der Waals surface area (Å²) in [6, 6.07) is 17.6. The van der Waals surface area contributed by atoms with Crippen molar-refractivity contribution in [3.8, 4) is 22.6 Å². The van der Waals surface area contributed by atoms with Gasteiger partial charge in [0.1, 0.15) is 10.8 Å².